The largest absolute Gasteiger partial charge is 0.497 e. The monoisotopic (exact) mass is 232 g/mol. The Morgan fingerprint density at radius 3 is 3.06 bits per heavy atom. The van der Waals surface area contributed by atoms with E-state index in [4.69, 9.17) is 9.84 Å². The second-order valence-electron chi connectivity index (χ2n) is 4.60. The zero-order chi connectivity index (χ0) is 12.1. The first-order chi connectivity index (χ1) is 8.33. The molecule has 0 aliphatic heterocycles. The van der Waals surface area contributed by atoms with Crippen LogP contribution in [0.3, 0.4) is 0 Å². The molecule has 0 saturated heterocycles. The summed E-state index contributed by atoms with van der Waals surface area (Å²) in [6.45, 7) is 0.140. The number of hydrogen-bond donors (Lipinski definition) is 1. The van der Waals surface area contributed by atoms with Crippen LogP contribution in [0.5, 0.6) is 5.75 Å². The molecular formula is C15H20O2. The van der Waals surface area contributed by atoms with Crippen LogP contribution in [0.1, 0.15) is 24.0 Å². The smallest absolute Gasteiger partial charge is 0.119 e. The van der Waals surface area contributed by atoms with E-state index in [-0.39, 0.29) is 6.61 Å². The van der Waals surface area contributed by atoms with Crippen molar-refractivity contribution in [3.05, 3.63) is 41.5 Å². The lowest BCUT2D eigenvalue weighted by molar-refractivity contribution is 0.341. The van der Waals surface area contributed by atoms with Gasteiger partial charge in [0.15, 0.2) is 0 Å². The Balaban J connectivity index is 2.19. The van der Waals surface area contributed by atoms with Gasteiger partial charge in [-0.05, 0) is 54.9 Å². The third-order valence-corrected chi connectivity index (χ3v) is 3.43. The molecule has 0 spiro atoms. The zero-order valence-electron chi connectivity index (χ0n) is 10.4. The minimum Gasteiger partial charge on any atom is -0.497 e. The van der Waals surface area contributed by atoms with Crippen LogP contribution in [-0.2, 0) is 12.8 Å². The number of methoxy groups -OCH3 is 1. The summed E-state index contributed by atoms with van der Waals surface area (Å²) in [5, 5.41) is 8.84. The average Bonchev–Trinajstić information content (AvgIpc) is 2.56. The molecule has 2 heteroatoms. The van der Waals surface area contributed by atoms with E-state index >= 15 is 0 Å². The fourth-order valence-electron chi connectivity index (χ4n) is 2.52. The Labute approximate surface area is 103 Å². The predicted molar refractivity (Wildman–Crippen MR) is 69.4 cm³/mol. The van der Waals surface area contributed by atoms with Gasteiger partial charge in [0.2, 0.25) is 0 Å². The van der Waals surface area contributed by atoms with Gasteiger partial charge in [0.05, 0.1) is 13.7 Å². The number of hydrogen-bond acceptors (Lipinski definition) is 2. The van der Waals surface area contributed by atoms with Crippen molar-refractivity contribution in [2.24, 2.45) is 5.92 Å². The minimum absolute atomic E-state index is 0.140. The van der Waals surface area contributed by atoms with Gasteiger partial charge in [-0.3, -0.25) is 0 Å². The number of allylic oxidation sites excluding steroid dienone is 1. The molecule has 1 atom stereocenters. The van der Waals surface area contributed by atoms with Gasteiger partial charge in [-0.2, -0.15) is 0 Å². The summed E-state index contributed by atoms with van der Waals surface area (Å²) >= 11 is 0. The van der Waals surface area contributed by atoms with Gasteiger partial charge < -0.3 is 9.84 Å². The maximum Gasteiger partial charge on any atom is 0.119 e. The second-order valence-corrected chi connectivity index (χ2v) is 4.60. The standard InChI is InChI=1S/C15H20O2/c1-17-15-8-7-13-6-2-4-12(5-3-9-16)10-14(13)11-15/h3,5,7-8,11-12,16H,2,4,6,9-10H2,1H3. The fraction of sp³-hybridized carbons (Fsp3) is 0.467. The van der Waals surface area contributed by atoms with Crippen LogP contribution in [-0.4, -0.2) is 18.8 Å². The molecule has 1 aromatic rings. The molecule has 0 amide bonds. The Morgan fingerprint density at radius 1 is 1.41 bits per heavy atom. The molecule has 0 fully saturated rings. The highest BCUT2D eigenvalue weighted by Gasteiger charge is 2.15. The summed E-state index contributed by atoms with van der Waals surface area (Å²) in [6, 6.07) is 6.38. The number of aliphatic hydroxyl groups is 1. The van der Waals surface area contributed by atoms with E-state index in [0.717, 1.165) is 18.6 Å². The minimum atomic E-state index is 0.140. The van der Waals surface area contributed by atoms with E-state index in [0.29, 0.717) is 5.92 Å². The number of ether oxygens (including phenoxy) is 1. The average molecular weight is 232 g/mol. The molecular weight excluding hydrogens is 212 g/mol. The van der Waals surface area contributed by atoms with Gasteiger partial charge in [0.1, 0.15) is 5.75 Å². The van der Waals surface area contributed by atoms with Crippen molar-refractivity contribution in [3.8, 4) is 5.75 Å². The van der Waals surface area contributed by atoms with Crippen LogP contribution in [0.25, 0.3) is 0 Å². The lowest BCUT2D eigenvalue weighted by Gasteiger charge is -2.11. The van der Waals surface area contributed by atoms with E-state index in [1.807, 2.05) is 12.1 Å². The van der Waals surface area contributed by atoms with Gasteiger partial charge in [-0.15, -0.1) is 0 Å². The third kappa shape index (κ3) is 3.10. The summed E-state index contributed by atoms with van der Waals surface area (Å²) in [7, 11) is 1.71. The van der Waals surface area contributed by atoms with Crippen LogP contribution in [0.15, 0.2) is 30.4 Å². The predicted octanol–water partition coefficient (Wildman–Crippen LogP) is 2.74. The first-order valence-corrected chi connectivity index (χ1v) is 6.27. The van der Waals surface area contributed by atoms with Crippen LogP contribution in [0.2, 0.25) is 0 Å². The number of aryl methyl sites for hydroxylation is 1. The SMILES string of the molecule is COc1ccc2c(c1)CC(C=CCO)CCC2. The third-order valence-electron chi connectivity index (χ3n) is 3.43. The number of fused-ring (bicyclic) bond motifs is 1. The number of rotatable bonds is 3. The molecule has 17 heavy (non-hydrogen) atoms. The van der Waals surface area contributed by atoms with Crippen LogP contribution < -0.4 is 4.74 Å². The van der Waals surface area contributed by atoms with Gasteiger partial charge in [0.25, 0.3) is 0 Å². The highest BCUT2D eigenvalue weighted by molar-refractivity contribution is 5.37. The lowest BCUT2D eigenvalue weighted by atomic mass is 9.96. The van der Waals surface area contributed by atoms with Crippen molar-refractivity contribution in [3.63, 3.8) is 0 Å². The quantitative estimate of drug-likeness (QED) is 0.641. The van der Waals surface area contributed by atoms with E-state index in [1.54, 1.807) is 7.11 Å². The molecule has 1 aromatic carbocycles. The molecule has 0 radical (unpaired) electrons. The van der Waals surface area contributed by atoms with Crippen molar-refractivity contribution >= 4 is 0 Å². The summed E-state index contributed by atoms with van der Waals surface area (Å²) < 4.78 is 5.28. The normalized spacial score (nSPS) is 20.0. The Hall–Kier alpha value is -1.28. The van der Waals surface area contributed by atoms with Crippen molar-refractivity contribution in [1.29, 1.82) is 0 Å². The number of aliphatic hydroxyl groups excluding tert-OH is 1. The topological polar surface area (TPSA) is 29.5 Å². The molecule has 92 valence electrons. The summed E-state index contributed by atoms with van der Waals surface area (Å²) in [6.07, 6.45) is 8.64. The first-order valence-electron chi connectivity index (χ1n) is 6.27. The van der Waals surface area contributed by atoms with Crippen LogP contribution >= 0.6 is 0 Å². The van der Waals surface area contributed by atoms with E-state index < -0.39 is 0 Å². The first kappa shape index (κ1) is 12.2. The number of benzene rings is 1. The highest BCUT2D eigenvalue weighted by atomic mass is 16.5. The molecule has 0 aromatic heterocycles. The lowest BCUT2D eigenvalue weighted by Crippen LogP contribution is -2.00. The molecule has 0 heterocycles. The second kappa shape index (κ2) is 5.87. The Morgan fingerprint density at radius 2 is 2.29 bits per heavy atom. The van der Waals surface area contributed by atoms with Crippen LogP contribution in [0, 0.1) is 5.92 Å². The van der Waals surface area contributed by atoms with Crippen molar-refractivity contribution < 1.29 is 9.84 Å². The van der Waals surface area contributed by atoms with Crippen molar-refractivity contribution in [2.75, 3.05) is 13.7 Å². The molecule has 2 nitrogen and oxygen atoms in total. The molecule has 1 aliphatic carbocycles. The van der Waals surface area contributed by atoms with Gasteiger partial charge in [0, 0.05) is 0 Å². The highest BCUT2D eigenvalue weighted by Crippen LogP contribution is 2.28. The molecule has 0 saturated carbocycles. The van der Waals surface area contributed by atoms with E-state index in [1.165, 1.54) is 24.0 Å². The van der Waals surface area contributed by atoms with Crippen molar-refractivity contribution in [1.82, 2.24) is 0 Å². The summed E-state index contributed by atoms with van der Waals surface area (Å²) in [5.74, 6) is 1.49. The van der Waals surface area contributed by atoms with Crippen molar-refractivity contribution in [2.45, 2.75) is 25.7 Å². The zero-order valence-corrected chi connectivity index (χ0v) is 10.4. The Bertz CT molecular complexity index is 396. The maximum absolute atomic E-state index is 8.84. The molecule has 1 aliphatic rings. The molecule has 1 unspecified atom stereocenters. The Kier molecular flexibility index (Phi) is 4.21. The summed E-state index contributed by atoms with van der Waals surface area (Å²) in [5.41, 5.74) is 2.85. The molecule has 2 rings (SSSR count). The maximum atomic E-state index is 8.84. The molecule has 1 N–H and O–H groups in total. The van der Waals surface area contributed by atoms with Gasteiger partial charge >= 0.3 is 0 Å². The van der Waals surface area contributed by atoms with Gasteiger partial charge in [-0.25, -0.2) is 0 Å². The molecule has 0 bridgehead atoms. The fourth-order valence-corrected chi connectivity index (χ4v) is 2.52. The van der Waals surface area contributed by atoms with E-state index in [2.05, 4.69) is 18.2 Å². The summed E-state index contributed by atoms with van der Waals surface area (Å²) in [4.78, 5) is 0. The van der Waals surface area contributed by atoms with Gasteiger partial charge in [-0.1, -0.05) is 18.2 Å². The van der Waals surface area contributed by atoms with Crippen LogP contribution in [0.4, 0.5) is 0 Å². The van der Waals surface area contributed by atoms with E-state index in [9.17, 15) is 0 Å².